The summed E-state index contributed by atoms with van der Waals surface area (Å²) in [7, 11) is 1.38. The molecule has 1 atom stereocenters. The second-order valence-corrected chi connectivity index (χ2v) is 3.74. The maximum absolute atomic E-state index is 10.9. The van der Waals surface area contributed by atoms with Crippen molar-refractivity contribution < 1.29 is 9.53 Å². The predicted molar refractivity (Wildman–Crippen MR) is 64.2 cm³/mol. The van der Waals surface area contributed by atoms with E-state index in [1.165, 1.54) is 7.11 Å². The van der Waals surface area contributed by atoms with Gasteiger partial charge in [-0.2, -0.15) is 5.26 Å². The minimum atomic E-state index is -0.226. The normalized spacial score (nSPS) is 11.6. The zero-order valence-corrected chi connectivity index (χ0v) is 10.1. The highest BCUT2D eigenvalue weighted by Gasteiger charge is 2.06. The molecule has 0 aliphatic carbocycles. The van der Waals surface area contributed by atoms with Gasteiger partial charge in [0.1, 0.15) is 0 Å². The van der Waals surface area contributed by atoms with Crippen LogP contribution in [0.4, 0.5) is 0 Å². The topological polar surface area (TPSA) is 62.1 Å². The number of carbonyl (C=O) groups is 1. The van der Waals surface area contributed by atoms with Gasteiger partial charge in [0, 0.05) is 12.6 Å². The Bertz CT molecular complexity index is 424. The van der Waals surface area contributed by atoms with Crippen molar-refractivity contribution in [3.8, 4) is 6.07 Å². The molecule has 4 heteroatoms. The first-order valence-electron chi connectivity index (χ1n) is 5.47. The monoisotopic (exact) mass is 232 g/mol. The van der Waals surface area contributed by atoms with Crippen molar-refractivity contribution >= 4 is 5.97 Å². The van der Waals surface area contributed by atoms with E-state index >= 15 is 0 Å². The molecule has 1 aromatic rings. The van der Waals surface area contributed by atoms with Gasteiger partial charge in [-0.05, 0) is 24.6 Å². The molecular weight excluding hydrogens is 216 g/mol. The Morgan fingerprint density at radius 3 is 3.00 bits per heavy atom. The highest BCUT2D eigenvalue weighted by atomic mass is 16.5. The molecule has 0 bridgehead atoms. The van der Waals surface area contributed by atoms with Crippen LogP contribution in [0.2, 0.25) is 0 Å². The van der Waals surface area contributed by atoms with Crippen molar-refractivity contribution in [3.63, 3.8) is 0 Å². The van der Waals surface area contributed by atoms with Crippen LogP contribution >= 0.6 is 0 Å². The van der Waals surface area contributed by atoms with Crippen molar-refractivity contribution in [2.24, 2.45) is 0 Å². The van der Waals surface area contributed by atoms with E-state index in [1.807, 2.05) is 25.1 Å². The second kappa shape index (κ2) is 6.66. The minimum Gasteiger partial charge on any atom is -0.469 e. The summed E-state index contributed by atoms with van der Waals surface area (Å²) in [6, 6.07) is 9.63. The van der Waals surface area contributed by atoms with Gasteiger partial charge in [0.15, 0.2) is 0 Å². The molecule has 0 amide bonds. The van der Waals surface area contributed by atoms with Gasteiger partial charge in [-0.25, -0.2) is 0 Å². The van der Waals surface area contributed by atoms with E-state index < -0.39 is 0 Å². The van der Waals surface area contributed by atoms with Gasteiger partial charge in [-0.3, -0.25) is 4.79 Å². The molecule has 17 heavy (non-hydrogen) atoms. The number of nitrogens with zero attached hydrogens (tertiary/aromatic N) is 1. The molecule has 0 heterocycles. The van der Waals surface area contributed by atoms with Gasteiger partial charge in [-0.15, -0.1) is 0 Å². The third kappa shape index (κ3) is 4.25. The quantitative estimate of drug-likeness (QED) is 0.786. The number of rotatable bonds is 5. The molecule has 0 aliphatic rings. The first-order valence-corrected chi connectivity index (χ1v) is 5.47. The molecule has 1 rings (SSSR count). The molecule has 0 saturated heterocycles. The van der Waals surface area contributed by atoms with Crippen molar-refractivity contribution in [1.82, 2.24) is 5.32 Å². The van der Waals surface area contributed by atoms with E-state index in [4.69, 9.17) is 5.26 Å². The van der Waals surface area contributed by atoms with E-state index in [1.54, 1.807) is 6.07 Å². The SMILES string of the molecule is COC(=O)CCNC(C)c1cccc(C#N)c1. The summed E-state index contributed by atoms with van der Waals surface area (Å²) in [5.41, 5.74) is 1.68. The molecule has 1 aromatic carbocycles. The van der Waals surface area contributed by atoms with Gasteiger partial charge in [0.25, 0.3) is 0 Å². The highest BCUT2D eigenvalue weighted by molar-refractivity contribution is 5.69. The fourth-order valence-electron chi connectivity index (χ4n) is 1.49. The van der Waals surface area contributed by atoms with E-state index in [2.05, 4.69) is 16.1 Å². The maximum atomic E-state index is 10.9. The zero-order valence-electron chi connectivity index (χ0n) is 10.1. The molecular formula is C13H16N2O2. The molecule has 0 aliphatic heterocycles. The van der Waals surface area contributed by atoms with Gasteiger partial charge >= 0.3 is 5.97 Å². The summed E-state index contributed by atoms with van der Waals surface area (Å²) in [5.74, 6) is -0.226. The van der Waals surface area contributed by atoms with Crippen LogP contribution in [-0.2, 0) is 9.53 Å². The Morgan fingerprint density at radius 2 is 2.35 bits per heavy atom. The van der Waals surface area contributed by atoms with Crippen LogP contribution < -0.4 is 5.32 Å². The van der Waals surface area contributed by atoms with Crippen molar-refractivity contribution in [2.45, 2.75) is 19.4 Å². The first kappa shape index (κ1) is 13.2. The molecule has 0 saturated carbocycles. The Balaban J connectivity index is 2.49. The second-order valence-electron chi connectivity index (χ2n) is 3.74. The largest absolute Gasteiger partial charge is 0.469 e. The molecule has 90 valence electrons. The summed E-state index contributed by atoms with van der Waals surface area (Å²) in [5, 5.41) is 12.0. The van der Waals surface area contributed by atoms with E-state index in [9.17, 15) is 4.79 Å². The van der Waals surface area contributed by atoms with Gasteiger partial charge < -0.3 is 10.1 Å². The van der Waals surface area contributed by atoms with Crippen LogP contribution in [0.1, 0.15) is 30.5 Å². The van der Waals surface area contributed by atoms with Crippen molar-refractivity contribution in [1.29, 1.82) is 5.26 Å². The number of benzene rings is 1. The summed E-state index contributed by atoms with van der Waals surface area (Å²) in [6.45, 7) is 2.55. The summed E-state index contributed by atoms with van der Waals surface area (Å²) >= 11 is 0. The number of methoxy groups -OCH3 is 1. The Morgan fingerprint density at radius 1 is 1.59 bits per heavy atom. The molecule has 0 spiro atoms. The smallest absolute Gasteiger partial charge is 0.306 e. The molecule has 0 radical (unpaired) electrons. The number of nitriles is 1. The molecule has 4 nitrogen and oxygen atoms in total. The van der Waals surface area contributed by atoms with Crippen LogP contribution in [0.3, 0.4) is 0 Å². The predicted octanol–water partition coefficient (Wildman–Crippen LogP) is 1.77. The number of hydrogen-bond acceptors (Lipinski definition) is 4. The fourth-order valence-corrected chi connectivity index (χ4v) is 1.49. The highest BCUT2D eigenvalue weighted by Crippen LogP contribution is 2.13. The Hall–Kier alpha value is -1.86. The average molecular weight is 232 g/mol. The van der Waals surface area contributed by atoms with Crippen LogP contribution in [0.15, 0.2) is 24.3 Å². The standard InChI is InChI=1S/C13H16N2O2/c1-10(15-7-6-13(16)17-2)12-5-3-4-11(8-12)9-14/h3-5,8,10,15H,6-7H2,1-2H3. The number of ether oxygens (including phenoxy) is 1. The number of nitrogens with one attached hydrogen (secondary N) is 1. The van der Waals surface area contributed by atoms with Crippen LogP contribution in [-0.4, -0.2) is 19.6 Å². The van der Waals surface area contributed by atoms with E-state index in [0.29, 0.717) is 18.5 Å². The summed E-state index contributed by atoms with van der Waals surface area (Å²) in [4.78, 5) is 10.9. The number of esters is 1. The van der Waals surface area contributed by atoms with E-state index in [0.717, 1.165) is 5.56 Å². The van der Waals surface area contributed by atoms with Gasteiger partial charge in [-0.1, -0.05) is 12.1 Å². The van der Waals surface area contributed by atoms with Gasteiger partial charge in [0.05, 0.1) is 25.2 Å². The lowest BCUT2D eigenvalue weighted by molar-refractivity contribution is -0.140. The molecule has 0 aromatic heterocycles. The number of carbonyl (C=O) groups excluding carboxylic acids is 1. The van der Waals surface area contributed by atoms with E-state index in [-0.39, 0.29) is 12.0 Å². The third-order valence-electron chi connectivity index (χ3n) is 2.52. The fraction of sp³-hybridized carbons (Fsp3) is 0.385. The lowest BCUT2D eigenvalue weighted by Gasteiger charge is -2.13. The summed E-state index contributed by atoms with van der Waals surface area (Å²) in [6.07, 6.45) is 0.346. The number of hydrogen-bond donors (Lipinski definition) is 1. The molecule has 1 N–H and O–H groups in total. The lowest BCUT2D eigenvalue weighted by Crippen LogP contribution is -2.22. The lowest BCUT2D eigenvalue weighted by atomic mass is 10.1. The third-order valence-corrected chi connectivity index (χ3v) is 2.52. The zero-order chi connectivity index (χ0) is 12.7. The molecule has 1 unspecified atom stereocenters. The van der Waals surface area contributed by atoms with Crippen LogP contribution in [0, 0.1) is 11.3 Å². The minimum absolute atomic E-state index is 0.105. The van der Waals surface area contributed by atoms with Crippen LogP contribution in [0.25, 0.3) is 0 Å². The average Bonchev–Trinajstić information content (AvgIpc) is 2.38. The molecule has 0 fully saturated rings. The Labute approximate surface area is 101 Å². The maximum Gasteiger partial charge on any atom is 0.306 e. The first-order chi connectivity index (χ1) is 8.17. The van der Waals surface area contributed by atoms with Crippen molar-refractivity contribution in [2.75, 3.05) is 13.7 Å². The van der Waals surface area contributed by atoms with Gasteiger partial charge in [0.2, 0.25) is 0 Å². The summed E-state index contributed by atoms with van der Waals surface area (Å²) < 4.78 is 4.55. The van der Waals surface area contributed by atoms with Crippen LogP contribution in [0.5, 0.6) is 0 Å². The van der Waals surface area contributed by atoms with Crippen molar-refractivity contribution in [3.05, 3.63) is 35.4 Å². The Kier molecular flexibility index (Phi) is 5.18.